The van der Waals surface area contributed by atoms with Gasteiger partial charge in [0, 0.05) is 6.07 Å². The lowest BCUT2D eigenvalue weighted by Crippen LogP contribution is -2.06. The second-order valence-corrected chi connectivity index (χ2v) is 4.05. The third-order valence-electron chi connectivity index (χ3n) is 0.926. The molecule has 0 bridgehead atoms. The van der Waals surface area contributed by atoms with Crippen LogP contribution in [0.15, 0.2) is 18.2 Å². The zero-order valence-electron chi connectivity index (χ0n) is 6.19. The van der Waals surface area contributed by atoms with Gasteiger partial charge in [-0.25, -0.2) is 4.98 Å². The number of nitrogens with zero attached hydrogens (tertiary/aromatic N) is 1. The third-order valence-corrected chi connectivity index (χ3v) is 1.61. The molecule has 0 atom stereocenters. The van der Waals surface area contributed by atoms with Gasteiger partial charge in [0.2, 0.25) is 5.88 Å². The number of hydrogen-bond acceptors (Lipinski definition) is 4. The highest BCUT2D eigenvalue weighted by Gasteiger charge is 2.04. The molecule has 1 rings (SSSR count). The first-order valence-electron chi connectivity index (χ1n) is 2.99. The summed E-state index contributed by atoms with van der Waals surface area (Å²) in [7, 11) is -3.52. The molecule has 0 fully saturated rings. The van der Waals surface area contributed by atoms with E-state index >= 15 is 0 Å². The Bertz CT molecular complexity index is 376. The van der Waals surface area contributed by atoms with E-state index in [1.54, 1.807) is 6.07 Å². The number of pyridine rings is 1. The molecule has 0 N–H and O–H groups in total. The molecular formula is C6H6ClNO3S. The van der Waals surface area contributed by atoms with Crippen LogP contribution in [0.2, 0.25) is 5.15 Å². The Hall–Kier alpha value is -0.810. The average molecular weight is 208 g/mol. The summed E-state index contributed by atoms with van der Waals surface area (Å²) >= 11 is 5.49. The first-order chi connectivity index (χ1) is 5.47. The van der Waals surface area contributed by atoms with Gasteiger partial charge >= 0.3 is 10.1 Å². The van der Waals surface area contributed by atoms with Crippen LogP contribution in [0.25, 0.3) is 0 Å². The summed E-state index contributed by atoms with van der Waals surface area (Å²) in [6.45, 7) is 0. The van der Waals surface area contributed by atoms with Crippen LogP contribution < -0.4 is 4.18 Å². The molecule has 0 aliphatic heterocycles. The molecule has 0 spiro atoms. The van der Waals surface area contributed by atoms with Gasteiger partial charge in [-0.2, -0.15) is 8.42 Å². The van der Waals surface area contributed by atoms with Crippen molar-refractivity contribution in [3.63, 3.8) is 0 Å². The minimum atomic E-state index is -3.52. The minimum absolute atomic E-state index is 0.0231. The summed E-state index contributed by atoms with van der Waals surface area (Å²) in [5, 5.41) is 0.191. The van der Waals surface area contributed by atoms with Crippen molar-refractivity contribution in [1.82, 2.24) is 4.98 Å². The predicted molar refractivity (Wildman–Crippen MR) is 44.7 cm³/mol. The van der Waals surface area contributed by atoms with Crippen molar-refractivity contribution in [2.45, 2.75) is 0 Å². The first kappa shape index (κ1) is 9.28. The molecule has 0 unspecified atom stereocenters. The Morgan fingerprint density at radius 2 is 2.17 bits per heavy atom. The second-order valence-electron chi connectivity index (χ2n) is 2.09. The molecule has 1 aromatic heterocycles. The van der Waals surface area contributed by atoms with E-state index in [0.717, 1.165) is 6.26 Å². The first-order valence-corrected chi connectivity index (χ1v) is 5.19. The highest BCUT2D eigenvalue weighted by molar-refractivity contribution is 7.86. The van der Waals surface area contributed by atoms with Crippen molar-refractivity contribution >= 4 is 21.7 Å². The van der Waals surface area contributed by atoms with E-state index in [-0.39, 0.29) is 11.0 Å². The van der Waals surface area contributed by atoms with Gasteiger partial charge in [0.1, 0.15) is 5.15 Å². The summed E-state index contributed by atoms with van der Waals surface area (Å²) in [5.41, 5.74) is 0. The quantitative estimate of drug-likeness (QED) is 0.538. The zero-order chi connectivity index (χ0) is 9.19. The van der Waals surface area contributed by atoms with Gasteiger partial charge in [0.25, 0.3) is 0 Å². The largest absolute Gasteiger partial charge is 0.362 e. The second kappa shape index (κ2) is 3.28. The Morgan fingerprint density at radius 1 is 1.50 bits per heavy atom. The van der Waals surface area contributed by atoms with Gasteiger partial charge in [-0.05, 0) is 6.07 Å². The molecule has 66 valence electrons. The van der Waals surface area contributed by atoms with Crippen molar-refractivity contribution in [1.29, 1.82) is 0 Å². The summed E-state index contributed by atoms with van der Waals surface area (Å²) in [5.74, 6) is -0.0231. The molecule has 1 aromatic rings. The van der Waals surface area contributed by atoms with Crippen LogP contribution in [0.3, 0.4) is 0 Å². The number of aromatic nitrogens is 1. The van der Waals surface area contributed by atoms with Crippen molar-refractivity contribution in [2.75, 3.05) is 6.26 Å². The lowest BCUT2D eigenvalue weighted by Gasteiger charge is -2.00. The van der Waals surface area contributed by atoms with E-state index < -0.39 is 10.1 Å². The molecule has 0 aromatic carbocycles. The van der Waals surface area contributed by atoms with E-state index in [9.17, 15) is 8.42 Å². The lowest BCUT2D eigenvalue weighted by molar-refractivity contribution is 0.483. The van der Waals surface area contributed by atoms with E-state index in [2.05, 4.69) is 9.17 Å². The standard InChI is InChI=1S/C6H6ClNO3S/c1-12(9,10)11-6-4-2-3-5(7)8-6/h2-4H,1H3. The Kier molecular flexibility index (Phi) is 2.54. The third kappa shape index (κ3) is 3.06. The number of halogens is 1. The summed E-state index contributed by atoms with van der Waals surface area (Å²) in [6.07, 6.45) is 0.940. The predicted octanol–water partition coefficient (Wildman–Crippen LogP) is 1.07. The number of rotatable bonds is 2. The normalized spacial score (nSPS) is 11.2. The average Bonchev–Trinajstić information content (AvgIpc) is 1.82. The maximum atomic E-state index is 10.6. The molecule has 1 heterocycles. The fourth-order valence-electron chi connectivity index (χ4n) is 0.591. The molecular weight excluding hydrogens is 202 g/mol. The van der Waals surface area contributed by atoms with E-state index in [4.69, 9.17) is 11.6 Å². The van der Waals surface area contributed by atoms with Crippen LogP contribution in [0.5, 0.6) is 5.88 Å². The van der Waals surface area contributed by atoms with Gasteiger partial charge < -0.3 is 4.18 Å². The summed E-state index contributed by atoms with van der Waals surface area (Å²) in [4.78, 5) is 3.62. The van der Waals surface area contributed by atoms with Gasteiger partial charge in [-0.1, -0.05) is 17.7 Å². The van der Waals surface area contributed by atoms with Crippen LogP contribution in [-0.4, -0.2) is 19.7 Å². The van der Waals surface area contributed by atoms with Crippen LogP contribution in [0.4, 0.5) is 0 Å². The Morgan fingerprint density at radius 3 is 2.67 bits per heavy atom. The van der Waals surface area contributed by atoms with Crippen LogP contribution in [0.1, 0.15) is 0 Å². The van der Waals surface area contributed by atoms with Crippen molar-refractivity contribution < 1.29 is 12.6 Å². The maximum Gasteiger partial charge on any atom is 0.307 e. The molecule has 0 radical (unpaired) electrons. The number of hydrogen-bond donors (Lipinski definition) is 0. The lowest BCUT2D eigenvalue weighted by atomic mass is 10.5. The topological polar surface area (TPSA) is 56.3 Å². The highest BCUT2D eigenvalue weighted by atomic mass is 35.5. The van der Waals surface area contributed by atoms with Gasteiger partial charge in [-0.3, -0.25) is 0 Å². The zero-order valence-corrected chi connectivity index (χ0v) is 7.76. The van der Waals surface area contributed by atoms with Crippen molar-refractivity contribution in [3.8, 4) is 5.88 Å². The Balaban J connectivity index is 2.91. The smallest absolute Gasteiger partial charge is 0.307 e. The van der Waals surface area contributed by atoms with Crippen LogP contribution in [-0.2, 0) is 10.1 Å². The molecule has 0 saturated heterocycles. The van der Waals surface area contributed by atoms with E-state index in [1.807, 2.05) is 0 Å². The van der Waals surface area contributed by atoms with Crippen LogP contribution >= 0.6 is 11.6 Å². The molecule has 12 heavy (non-hydrogen) atoms. The van der Waals surface area contributed by atoms with E-state index in [1.165, 1.54) is 12.1 Å². The summed E-state index contributed by atoms with van der Waals surface area (Å²) < 4.78 is 25.7. The molecule has 4 nitrogen and oxygen atoms in total. The maximum absolute atomic E-state index is 10.6. The highest BCUT2D eigenvalue weighted by Crippen LogP contribution is 2.12. The van der Waals surface area contributed by atoms with Crippen molar-refractivity contribution in [3.05, 3.63) is 23.4 Å². The molecule has 0 amide bonds. The minimum Gasteiger partial charge on any atom is -0.362 e. The van der Waals surface area contributed by atoms with Gasteiger partial charge in [-0.15, -0.1) is 0 Å². The summed E-state index contributed by atoms with van der Waals surface area (Å²) in [6, 6.07) is 4.49. The molecule has 0 saturated carbocycles. The molecule has 0 aliphatic carbocycles. The molecule has 0 aliphatic rings. The van der Waals surface area contributed by atoms with Gasteiger partial charge in [0.15, 0.2) is 0 Å². The fourth-order valence-corrected chi connectivity index (χ4v) is 1.15. The SMILES string of the molecule is CS(=O)(=O)Oc1cccc(Cl)n1. The van der Waals surface area contributed by atoms with E-state index in [0.29, 0.717) is 0 Å². The van der Waals surface area contributed by atoms with Crippen LogP contribution in [0, 0.1) is 0 Å². The fraction of sp³-hybridized carbons (Fsp3) is 0.167. The van der Waals surface area contributed by atoms with Crippen molar-refractivity contribution in [2.24, 2.45) is 0 Å². The monoisotopic (exact) mass is 207 g/mol. The Labute approximate surface area is 75.3 Å². The molecule has 6 heteroatoms. The van der Waals surface area contributed by atoms with Gasteiger partial charge in [0.05, 0.1) is 6.26 Å².